The van der Waals surface area contributed by atoms with Crippen molar-refractivity contribution in [3.05, 3.63) is 131 Å². The minimum atomic E-state index is -1.14. The molecule has 0 unspecified atom stereocenters. The lowest BCUT2D eigenvalue weighted by Gasteiger charge is -2.27. The van der Waals surface area contributed by atoms with Crippen LogP contribution in [0.4, 0.5) is 4.79 Å². The monoisotopic (exact) mass is 731 g/mol. The Kier molecular flexibility index (Phi) is 12.7. The summed E-state index contributed by atoms with van der Waals surface area (Å²) in [5.41, 5.74) is 5.22. The highest BCUT2D eigenvalue weighted by atomic mass is 16.6. The van der Waals surface area contributed by atoms with Crippen LogP contribution in [0, 0.1) is 5.92 Å². The van der Waals surface area contributed by atoms with Gasteiger partial charge in [-0.05, 0) is 67.9 Å². The van der Waals surface area contributed by atoms with Crippen LogP contribution in [-0.4, -0.2) is 60.0 Å². The van der Waals surface area contributed by atoms with E-state index in [1.165, 1.54) is 6.92 Å². The second kappa shape index (κ2) is 17.4. The average Bonchev–Trinajstić information content (AvgIpc) is 3.46. The Morgan fingerprint density at radius 3 is 1.76 bits per heavy atom. The van der Waals surface area contributed by atoms with Crippen molar-refractivity contribution in [3.63, 3.8) is 0 Å². The van der Waals surface area contributed by atoms with Crippen molar-refractivity contribution in [2.24, 2.45) is 5.92 Å². The summed E-state index contributed by atoms with van der Waals surface area (Å²) < 4.78 is 11.2. The van der Waals surface area contributed by atoms with Gasteiger partial charge in [-0.25, -0.2) is 9.59 Å². The topological polar surface area (TPSA) is 140 Å². The zero-order chi connectivity index (χ0) is 39.0. The summed E-state index contributed by atoms with van der Waals surface area (Å²) >= 11 is 0. The lowest BCUT2D eigenvalue weighted by Crippen LogP contribution is -2.56. The largest absolute Gasteiger partial charge is 0.458 e. The molecule has 282 valence electrons. The number of nitrogens with one attached hydrogen (secondary N) is 3. The maximum atomic E-state index is 13.9. The fourth-order valence-electron chi connectivity index (χ4n) is 6.50. The van der Waals surface area contributed by atoms with Gasteiger partial charge in [-0.15, -0.1) is 0 Å². The van der Waals surface area contributed by atoms with E-state index >= 15 is 0 Å². The zero-order valence-electron chi connectivity index (χ0n) is 31.7. The molecule has 5 rings (SSSR count). The van der Waals surface area contributed by atoms with Crippen LogP contribution in [0.2, 0.25) is 0 Å². The number of carbonyl (C=O) groups is 5. The minimum absolute atomic E-state index is 0.0394. The third-order valence-corrected chi connectivity index (χ3v) is 9.11. The van der Waals surface area contributed by atoms with Gasteiger partial charge in [0.2, 0.25) is 11.8 Å². The number of hydrogen-bond donors (Lipinski definition) is 3. The molecule has 0 bridgehead atoms. The molecule has 0 radical (unpaired) electrons. The van der Waals surface area contributed by atoms with E-state index in [9.17, 15) is 24.0 Å². The first kappa shape index (κ1) is 39.4. The molecule has 0 aliphatic heterocycles. The maximum absolute atomic E-state index is 13.9. The molecule has 54 heavy (non-hydrogen) atoms. The molecule has 0 fully saturated rings. The van der Waals surface area contributed by atoms with Crippen molar-refractivity contribution in [3.8, 4) is 11.1 Å². The number of amides is 3. The molecule has 10 nitrogen and oxygen atoms in total. The number of rotatable bonds is 14. The molecule has 10 heteroatoms. The minimum Gasteiger partial charge on any atom is -0.458 e. The van der Waals surface area contributed by atoms with Gasteiger partial charge < -0.3 is 25.4 Å². The van der Waals surface area contributed by atoms with Crippen LogP contribution in [0.3, 0.4) is 0 Å². The van der Waals surface area contributed by atoms with Crippen molar-refractivity contribution < 1.29 is 33.4 Å². The van der Waals surface area contributed by atoms with Crippen molar-refractivity contribution in [2.75, 3.05) is 6.61 Å². The van der Waals surface area contributed by atoms with Gasteiger partial charge in [-0.1, -0.05) is 117 Å². The molecule has 3 atom stereocenters. The molecule has 0 spiro atoms. The summed E-state index contributed by atoms with van der Waals surface area (Å²) in [6, 6.07) is 28.5. The third-order valence-electron chi connectivity index (χ3n) is 9.11. The Hall–Kier alpha value is -5.77. The van der Waals surface area contributed by atoms with Gasteiger partial charge in [-0.2, -0.15) is 0 Å². The summed E-state index contributed by atoms with van der Waals surface area (Å²) in [6.07, 6.45) is -0.420. The highest BCUT2D eigenvalue weighted by molar-refractivity contribution is 6.09. The van der Waals surface area contributed by atoms with Gasteiger partial charge >= 0.3 is 12.1 Å². The molecule has 0 saturated carbocycles. The van der Waals surface area contributed by atoms with E-state index in [2.05, 4.69) is 16.0 Å². The van der Waals surface area contributed by atoms with Crippen molar-refractivity contribution in [2.45, 2.75) is 84.0 Å². The SMILES string of the molecule is CC(C)C[C@H](NC(=O)[C@H](Cc1ccc(C(=O)c2ccccc2)cc1)NC(=O)[C@H](C)NC(=O)OCC1c2ccccc2-c2ccccc21)C(=O)OC(C)(C)C. The van der Waals surface area contributed by atoms with E-state index in [-0.39, 0.29) is 30.6 Å². The summed E-state index contributed by atoms with van der Waals surface area (Å²) in [6.45, 7) is 10.7. The summed E-state index contributed by atoms with van der Waals surface area (Å²) in [5, 5.41) is 8.15. The number of benzene rings is 4. The smallest absolute Gasteiger partial charge is 0.407 e. The average molecular weight is 732 g/mol. The number of esters is 1. The number of ketones is 1. The molecule has 1 aliphatic rings. The Balaban J connectivity index is 1.28. The van der Waals surface area contributed by atoms with Crippen LogP contribution >= 0.6 is 0 Å². The van der Waals surface area contributed by atoms with Crippen LogP contribution in [0.1, 0.15) is 86.5 Å². The first-order valence-electron chi connectivity index (χ1n) is 18.3. The lowest BCUT2D eigenvalue weighted by atomic mass is 9.98. The number of alkyl carbamates (subject to hydrolysis) is 1. The van der Waals surface area contributed by atoms with Gasteiger partial charge in [0.05, 0.1) is 0 Å². The van der Waals surface area contributed by atoms with Gasteiger partial charge in [0.25, 0.3) is 0 Å². The quantitative estimate of drug-likeness (QED) is 0.0964. The van der Waals surface area contributed by atoms with Crippen molar-refractivity contribution in [1.29, 1.82) is 0 Å². The molecule has 3 amide bonds. The molecule has 4 aromatic carbocycles. The molecule has 4 aromatic rings. The highest BCUT2D eigenvalue weighted by Gasteiger charge is 2.33. The second-order valence-electron chi connectivity index (χ2n) is 15.1. The van der Waals surface area contributed by atoms with E-state index in [4.69, 9.17) is 9.47 Å². The Morgan fingerprint density at radius 1 is 0.648 bits per heavy atom. The summed E-state index contributed by atoms with van der Waals surface area (Å²) in [5.74, 6) is -2.06. The van der Waals surface area contributed by atoms with Crippen LogP contribution in [0.25, 0.3) is 11.1 Å². The number of carbonyl (C=O) groups excluding carboxylic acids is 5. The lowest BCUT2D eigenvalue weighted by molar-refractivity contribution is -0.159. The van der Waals surface area contributed by atoms with Crippen molar-refractivity contribution >= 4 is 29.7 Å². The summed E-state index contributed by atoms with van der Waals surface area (Å²) in [4.78, 5) is 66.6. The van der Waals surface area contributed by atoms with Gasteiger partial charge in [0, 0.05) is 23.5 Å². The number of hydrogen-bond acceptors (Lipinski definition) is 7. The molecule has 0 heterocycles. The predicted molar refractivity (Wildman–Crippen MR) is 207 cm³/mol. The molecular formula is C44H49N3O7. The van der Waals surface area contributed by atoms with E-state index in [1.807, 2.05) is 68.4 Å². The van der Waals surface area contributed by atoms with Gasteiger partial charge in [0.1, 0.15) is 30.3 Å². The second-order valence-corrected chi connectivity index (χ2v) is 15.1. The number of ether oxygens (including phenoxy) is 2. The normalized spacial score (nSPS) is 13.8. The van der Waals surface area contributed by atoms with E-state index in [0.29, 0.717) is 23.1 Å². The first-order valence-corrected chi connectivity index (χ1v) is 18.3. The molecular weight excluding hydrogens is 682 g/mol. The first-order chi connectivity index (χ1) is 25.7. The van der Waals surface area contributed by atoms with E-state index in [0.717, 1.165) is 22.3 Å². The molecule has 1 aliphatic carbocycles. The van der Waals surface area contributed by atoms with E-state index in [1.54, 1.807) is 69.3 Å². The predicted octanol–water partition coefficient (Wildman–Crippen LogP) is 6.74. The Labute approximate surface area is 317 Å². The molecule has 0 saturated heterocycles. The van der Waals surface area contributed by atoms with Crippen LogP contribution < -0.4 is 16.0 Å². The van der Waals surface area contributed by atoms with Crippen LogP contribution in [0.15, 0.2) is 103 Å². The standard InChI is InChI=1S/C44H49N3O7/c1-27(2)24-38(42(51)54-44(4,5)6)47-41(50)37(25-29-20-22-31(23-21-29)39(48)30-14-8-7-9-15-30)46-40(49)28(3)45-43(52)53-26-36-34-18-12-10-16-32(34)33-17-11-13-19-35(33)36/h7-23,27-28,36-38H,24-26H2,1-6H3,(H,45,52)(H,46,49)(H,47,50)/t28-,37-,38-/m0/s1. The number of fused-ring (bicyclic) bond motifs is 3. The molecule has 3 N–H and O–H groups in total. The summed E-state index contributed by atoms with van der Waals surface area (Å²) in [7, 11) is 0. The fourth-order valence-corrected chi connectivity index (χ4v) is 6.50. The fraction of sp³-hybridized carbons (Fsp3) is 0.341. The van der Waals surface area contributed by atoms with E-state index < -0.39 is 47.6 Å². The van der Waals surface area contributed by atoms with Crippen LogP contribution in [-0.2, 0) is 30.3 Å². The van der Waals surface area contributed by atoms with Gasteiger partial charge in [0.15, 0.2) is 5.78 Å². The third kappa shape index (κ3) is 10.2. The van der Waals surface area contributed by atoms with Crippen molar-refractivity contribution in [1.82, 2.24) is 16.0 Å². The zero-order valence-corrected chi connectivity index (χ0v) is 31.7. The van der Waals surface area contributed by atoms with Gasteiger partial charge in [-0.3, -0.25) is 14.4 Å². The maximum Gasteiger partial charge on any atom is 0.407 e. The Morgan fingerprint density at radius 2 is 1.19 bits per heavy atom. The van der Waals surface area contributed by atoms with Crippen LogP contribution in [0.5, 0.6) is 0 Å². The molecule has 0 aromatic heterocycles. The highest BCUT2D eigenvalue weighted by Crippen LogP contribution is 2.44. The Bertz CT molecular complexity index is 1920.